The Balaban J connectivity index is 1.37. The molecule has 1 aromatic rings. The van der Waals surface area contributed by atoms with Crippen molar-refractivity contribution in [3.8, 4) is 0 Å². The summed E-state index contributed by atoms with van der Waals surface area (Å²) in [7, 11) is 0. The molecule has 0 saturated carbocycles. The number of aryl methyl sites for hydroxylation is 1. The van der Waals surface area contributed by atoms with Crippen LogP contribution < -0.4 is 10.2 Å². The zero-order valence-corrected chi connectivity index (χ0v) is 13.2. The molecule has 0 spiro atoms. The van der Waals surface area contributed by atoms with Gasteiger partial charge in [-0.25, -0.2) is 0 Å². The summed E-state index contributed by atoms with van der Waals surface area (Å²) >= 11 is 0. The highest BCUT2D eigenvalue weighted by molar-refractivity contribution is 5.76. The fraction of sp³-hybridized carbons (Fsp3) is 0.611. The van der Waals surface area contributed by atoms with Gasteiger partial charge in [-0.2, -0.15) is 0 Å². The van der Waals surface area contributed by atoms with Crippen molar-refractivity contribution in [1.82, 2.24) is 5.32 Å². The highest BCUT2D eigenvalue weighted by atomic mass is 16.5. The van der Waals surface area contributed by atoms with Gasteiger partial charge in [0.15, 0.2) is 0 Å². The Morgan fingerprint density at radius 2 is 2.27 bits per heavy atom. The van der Waals surface area contributed by atoms with Crippen LogP contribution in [-0.2, 0) is 16.0 Å². The lowest BCUT2D eigenvalue weighted by atomic mass is 10.0. The number of hydrogen-bond donors (Lipinski definition) is 1. The molecule has 0 unspecified atom stereocenters. The van der Waals surface area contributed by atoms with E-state index >= 15 is 0 Å². The van der Waals surface area contributed by atoms with E-state index in [1.54, 1.807) is 0 Å². The van der Waals surface area contributed by atoms with Crippen LogP contribution in [0, 0.1) is 5.92 Å². The number of nitrogens with one attached hydrogen (secondary N) is 1. The van der Waals surface area contributed by atoms with Crippen molar-refractivity contribution in [3.63, 3.8) is 0 Å². The molecule has 1 N–H and O–H groups in total. The molecule has 2 aliphatic heterocycles. The van der Waals surface area contributed by atoms with E-state index in [4.69, 9.17) is 4.74 Å². The van der Waals surface area contributed by atoms with Crippen LogP contribution in [0.2, 0.25) is 0 Å². The number of anilines is 1. The second-order valence-electron chi connectivity index (χ2n) is 6.36. The van der Waals surface area contributed by atoms with Crippen LogP contribution in [0.5, 0.6) is 0 Å². The van der Waals surface area contributed by atoms with Gasteiger partial charge in [0.05, 0.1) is 0 Å². The fourth-order valence-electron chi connectivity index (χ4n) is 3.42. The van der Waals surface area contributed by atoms with Gasteiger partial charge in [0, 0.05) is 45.0 Å². The molecule has 0 radical (unpaired) electrons. The van der Waals surface area contributed by atoms with Crippen LogP contribution in [0.15, 0.2) is 24.3 Å². The second-order valence-corrected chi connectivity index (χ2v) is 6.36. The Hall–Kier alpha value is -1.55. The van der Waals surface area contributed by atoms with E-state index in [0.29, 0.717) is 12.3 Å². The third kappa shape index (κ3) is 4.01. The highest BCUT2D eigenvalue weighted by Gasteiger charge is 2.19. The fourth-order valence-corrected chi connectivity index (χ4v) is 3.42. The summed E-state index contributed by atoms with van der Waals surface area (Å²) in [6, 6.07) is 8.68. The lowest BCUT2D eigenvalue weighted by Crippen LogP contribution is -2.33. The van der Waals surface area contributed by atoms with Crippen LogP contribution in [0.3, 0.4) is 0 Å². The molecule has 120 valence electrons. The predicted molar refractivity (Wildman–Crippen MR) is 88.1 cm³/mol. The molecule has 1 saturated heterocycles. The van der Waals surface area contributed by atoms with Crippen LogP contribution in [-0.4, -0.2) is 38.8 Å². The van der Waals surface area contributed by atoms with Crippen molar-refractivity contribution in [2.45, 2.75) is 32.1 Å². The first kappa shape index (κ1) is 15.3. The van der Waals surface area contributed by atoms with Gasteiger partial charge in [0.1, 0.15) is 0 Å². The Labute approximate surface area is 132 Å². The first-order chi connectivity index (χ1) is 10.8. The zero-order chi connectivity index (χ0) is 15.2. The van der Waals surface area contributed by atoms with Crippen LogP contribution >= 0.6 is 0 Å². The number of fused-ring (bicyclic) bond motifs is 1. The molecule has 0 aromatic heterocycles. The van der Waals surface area contributed by atoms with Gasteiger partial charge in [0.25, 0.3) is 0 Å². The number of ether oxygens (including phenoxy) is 1. The summed E-state index contributed by atoms with van der Waals surface area (Å²) in [6.45, 7) is 4.48. The van der Waals surface area contributed by atoms with Crippen molar-refractivity contribution in [1.29, 1.82) is 0 Å². The van der Waals surface area contributed by atoms with Gasteiger partial charge in [-0.3, -0.25) is 4.79 Å². The minimum Gasteiger partial charge on any atom is -0.381 e. The van der Waals surface area contributed by atoms with Crippen LogP contribution in [0.25, 0.3) is 0 Å². The first-order valence-electron chi connectivity index (χ1n) is 8.50. The maximum Gasteiger partial charge on any atom is 0.220 e. The number of carbonyl (C=O) groups is 1. The second kappa shape index (κ2) is 7.63. The van der Waals surface area contributed by atoms with E-state index in [9.17, 15) is 4.79 Å². The molecule has 4 heteroatoms. The molecule has 2 aliphatic rings. The Kier molecular flexibility index (Phi) is 5.33. The summed E-state index contributed by atoms with van der Waals surface area (Å²) in [6.07, 6.45) is 5.06. The monoisotopic (exact) mass is 302 g/mol. The maximum atomic E-state index is 11.9. The number of carbonyl (C=O) groups excluding carboxylic acids is 1. The van der Waals surface area contributed by atoms with Crippen molar-refractivity contribution >= 4 is 11.6 Å². The smallest absolute Gasteiger partial charge is 0.220 e. The van der Waals surface area contributed by atoms with Crippen LogP contribution in [0.4, 0.5) is 5.69 Å². The normalized spacial score (nSPS) is 20.7. The number of para-hydroxylation sites is 1. The van der Waals surface area contributed by atoms with E-state index in [0.717, 1.165) is 45.7 Å². The van der Waals surface area contributed by atoms with Gasteiger partial charge in [-0.1, -0.05) is 18.2 Å². The topological polar surface area (TPSA) is 41.6 Å². The van der Waals surface area contributed by atoms with Gasteiger partial charge in [0.2, 0.25) is 5.91 Å². The molecule has 1 amide bonds. The van der Waals surface area contributed by atoms with Crippen molar-refractivity contribution < 1.29 is 9.53 Å². The van der Waals surface area contributed by atoms with Gasteiger partial charge in [-0.15, -0.1) is 0 Å². The molecular weight excluding hydrogens is 276 g/mol. The third-order valence-corrected chi connectivity index (χ3v) is 4.63. The molecule has 4 nitrogen and oxygen atoms in total. The number of benzene rings is 1. The first-order valence-corrected chi connectivity index (χ1v) is 8.50. The summed E-state index contributed by atoms with van der Waals surface area (Å²) in [4.78, 5) is 14.3. The van der Waals surface area contributed by atoms with Crippen molar-refractivity contribution in [3.05, 3.63) is 29.8 Å². The van der Waals surface area contributed by atoms with Crippen molar-refractivity contribution in [2.75, 3.05) is 37.7 Å². The molecule has 22 heavy (non-hydrogen) atoms. The number of hydrogen-bond acceptors (Lipinski definition) is 3. The van der Waals surface area contributed by atoms with E-state index in [1.807, 2.05) is 0 Å². The Morgan fingerprint density at radius 1 is 1.36 bits per heavy atom. The Bertz CT molecular complexity index is 498. The van der Waals surface area contributed by atoms with Crippen LogP contribution in [0.1, 0.15) is 31.2 Å². The van der Waals surface area contributed by atoms with E-state index in [-0.39, 0.29) is 5.91 Å². The standard InChI is InChI=1S/C18H26N2O2/c21-18(13-15-8-12-22-14-15)19-9-4-11-20-10-3-6-16-5-1-2-7-17(16)20/h1-2,5,7,15H,3-4,6,8-14H2,(H,19,21)/t15-/m1/s1. The van der Waals surface area contributed by atoms with E-state index < -0.39 is 0 Å². The number of amides is 1. The van der Waals surface area contributed by atoms with Crippen molar-refractivity contribution in [2.24, 2.45) is 5.92 Å². The molecular formula is C18H26N2O2. The molecule has 0 bridgehead atoms. The summed E-state index contributed by atoms with van der Waals surface area (Å²) in [5.41, 5.74) is 2.84. The molecule has 2 heterocycles. The molecule has 3 rings (SSSR count). The highest BCUT2D eigenvalue weighted by Crippen LogP contribution is 2.26. The van der Waals surface area contributed by atoms with E-state index in [1.165, 1.54) is 24.1 Å². The lowest BCUT2D eigenvalue weighted by Gasteiger charge is -2.31. The lowest BCUT2D eigenvalue weighted by molar-refractivity contribution is -0.122. The summed E-state index contributed by atoms with van der Waals surface area (Å²) in [5, 5.41) is 3.05. The van der Waals surface area contributed by atoms with Gasteiger partial charge >= 0.3 is 0 Å². The average Bonchev–Trinajstić information content (AvgIpc) is 3.04. The number of rotatable bonds is 6. The largest absolute Gasteiger partial charge is 0.381 e. The summed E-state index contributed by atoms with van der Waals surface area (Å²) in [5.74, 6) is 0.600. The minimum atomic E-state index is 0.176. The van der Waals surface area contributed by atoms with E-state index in [2.05, 4.69) is 34.5 Å². The zero-order valence-electron chi connectivity index (χ0n) is 13.2. The minimum absolute atomic E-state index is 0.176. The van der Waals surface area contributed by atoms with Gasteiger partial charge < -0.3 is 15.0 Å². The molecule has 0 aliphatic carbocycles. The molecule has 1 fully saturated rings. The maximum absolute atomic E-state index is 11.9. The molecule has 1 aromatic carbocycles. The molecule has 1 atom stereocenters. The quantitative estimate of drug-likeness (QED) is 0.820. The van der Waals surface area contributed by atoms with Gasteiger partial charge in [-0.05, 0) is 43.2 Å². The summed E-state index contributed by atoms with van der Waals surface area (Å²) < 4.78 is 5.31. The SMILES string of the molecule is O=C(C[C@H]1CCOC1)NCCCN1CCCc2ccccc21. The Morgan fingerprint density at radius 3 is 3.14 bits per heavy atom. The third-order valence-electron chi connectivity index (χ3n) is 4.63. The average molecular weight is 302 g/mol. The predicted octanol–water partition coefficient (Wildman–Crippen LogP) is 2.37. The number of nitrogens with zero attached hydrogens (tertiary/aromatic N) is 1.